The van der Waals surface area contributed by atoms with Crippen molar-refractivity contribution in [3.63, 3.8) is 0 Å². The van der Waals surface area contributed by atoms with Gasteiger partial charge in [-0.15, -0.1) is 0 Å². The number of hydrogen-bond acceptors (Lipinski definition) is 3. The molecule has 0 saturated carbocycles. The van der Waals surface area contributed by atoms with Crippen LogP contribution in [0.1, 0.15) is 18.5 Å². The zero-order valence-electron chi connectivity index (χ0n) is 9.73. The molecule has 18 heavy (non-hydrogen) atoms. The Morgan fingerprint density at radius 3 is 2.78 bits per heavy atom. The van der Waals surface area contributed by atoms with Crippen LogP contribution in [0.4, 0.5) is 0 Å². The van der Waals surface area contributed by atoms with Crippen molar-refractivity contribution >= 4 is 39.3 Å². The van der Waals surface area contributed by atoms with Crippen LogP contribution in [0.3, 0.4) is 0 Å². The minimum Gasteiger partial charge on any atom is -0.324 e. The molecular formula is C13H12BrClN2S. The average molecular weight is 344 g/mol. The summed E-state index contributed by atoms with van der Waals surface area (Å²) in [5.74, 6) is 0. The highest BCUT2D eigenvalue weighted by atomic mass is 79.9. The molecule has 5 heteroatoms. The van der Waals surface area contributed by atoms with Gasteiger partial charge in [0.15, 0.2) is 0 Å². The summed E-state index contributed by atoms with van der Waals surface area (Å²) < 4.78 is 0.960. The van der Waals surface area contributed by atoms with Gasteiger partial charge in [0, 0.05) is 17.1 Å². The molecule has 0 saturated heterocycles. The van der Waals surface area contributed by atoms with E-state index >= 15 is 0 Å². The van der Waals surface area contributed by atoms with Gasteiger partial charge in [0.25, 0.3) is 0 Å². The lowest BCUT2D eigenvalue weighted by Crippen LogP contribution is -2.04. The van der Waals surface area contributed by atoms with Crippen LogP contribution in [0.15, 0.2) is 50.9 Å². The van der Waals surface area contributed by atoms with E-state index in [2.05, 4.69) is 20.9 Å². The van der Waals surface area contributed by atoms with Gasteiger partial charge in [-0.25, -0.2) is 4.98 Å². The lowest BCUT2D eigenvalue weighted by atomic mass is 10.1. The molecule has 1 heterocycles. The topological polar surface area (TPSA) is 38.9 Å². The average Bonchev–Trinajstić information content (AvgIpc) is 2.34. The monoisotopic (exact) mass is 342 g/mol. The normalized spacial score (nSPS) is 12.4. The van der Waals surface area contributed by atoms with Crippen molar-refractivity contribution in [3.05, 3.63) is 51.6 Å². The maximum absolute atomic E-state index is 6.26. The number of halogens is 2. The van der Waals surface area contributed by atoms with Crippen LogP contribution < -0.4 is 5.73 Å². The second-order valence-corrected chi connectivity index (χ2v) is 6.16. The third-order valence-corrected chi connectivity index (χ3v) is 4.83. The molecule has 0 spiro atoms. The van der Waals surface area contributed by atoms with Gasteiger partial charge in [-0.3, -0.25) is 0 Å². The molecule has 0 aliphatic rings. The van der Waals surface area contributed by atoms with Crippen LogP contribution in [0.2, 0.25) is 5.02 Å². The Kier molecular flexibility index (Phi) is 4.67. The summed E-state index contributed by atoms with van der Waals surface area (Å²) in [6.07, 6.45) is 1.76. The zero-order valence-corrected chi connectivity index (χ0v) is 12.9. The van der Waals surface area contributed by atoms with Gasteiger partial charge in [-0.1, -0.05) is 29.4 Å². The lowest BCUT2D eigenvalue weighted by molar-refractivity contribution is 0.817. The summed E-state index contributed by atoms with van der Waals surface area (Å²) in [7, 11) is 0. The van der Waals surface area contributed by atoms with E-state index in [-0.39, 0.29) is 6.04 Å². The number of pyridine rings is 1. The van der Waals surface area contributed by atoms with Gasteiger partial charge in [0.1, 0.15) is 5.03 Å². The fourth-order valence-corrected chi connectivity index (χ4v) is 3.02. The molecule has 1 atom stereocenters. The first kappa shape index (κ1) is 13.9. The van der Waals surface area contributed by atoms with Crippen LogP contribution in [-0.2, 0) is 0 Å². The second-order valence-electron chi connectivity index (χ2n) is 3.87. The number of nitrogens with zero attached hydrogens (tertiary/aromatic N) is 1. The first-order valence-electron chi connectivity index (χ1n) is 5.41. The van der Waals surface area contributed by atoms with Gasteiger partial charge in [-0.05, 0) is 52.7 Å². The van der Waals surface area contributed by atoms with E-state index in [1.165, 1.54) is 11.8 Å². The molecule has 0 fully saturated rings. The third kappa shape index (κ3) is 3.26. The van der Waals surface area contributed by atoms with E-state index in [1.54, 1.807) is 6.20 Å². The summed E-state index contributed by atoms with van der Waals surface area (Å²) in [6, 6.07) is 9.71. The van der Waals surface area contributed by atoms with Crippen molar-refractivity contribution in [2.45, 2.75) is 22.9 Å². The highest BCUT2D eigenvalue weighted by Gasteiger charge is 2.09. The highest BCUT2D eigenvalue weighted by Crippen LogP contribution is 2.36. The molecule has 0 bridgehead atoms. The molecule has 0 aliphatic carbocycles. The van der Waals surface area contributed by atoms with Crippen molar-refractivity contribution in [2.24, 2.45) is 5.73 Å². The molecule has 0 radical (unpaired) electrons. The third-order valence-electron chi connectivity index (χ3n) is 2.41. The molecule has 1 aromatic carbocycles. The number of rotatable bonds is 3. The fraction of sp³-hybridized carbons (Fsp3) is 0.154. The zero-order chi connectivity index (χ0) is 13.1. The Hall–Kier alpha value is -0.550. The molecule has 1 aromatic heterocycles. The molecule has 0 aliphatic heterocycles. The van der Waals surface area contributed by atoms with Crippen molar-refractivity contribution in [1.82, 2.24) is 4.98 Å². The van der Waals surface area contributed by atoms with E-state index in [1.807, 2.05) is 37.3 Å². The first-order chi connectivity index (χ1) is 8.58. The molecule has 0 amide bonds. The number of hydrogen-bond donors (Lipinski definition) is 1. The summed E-state index contributed by atoms with van der Waals surface area (Å²) in [4.78, 5) is 5.28. The molecule has 0 unspecified atom stereocenters. The second kappa shape index (κ2) is 6.06. The summed E-state index contributed by atoms with van der Waals surface area (Å²) in [5, 5.41) is 1.60. The van der Waals surface area contributed by atoms with Crippen molar-refractivity contribution in [3.8, 4) is 0 Å². The molecular weight excluding hydrogens is 332 g/mol. The molecule has 2 nitrogen and oxygen atoms in total. The maximum Gasteiger partial charge on any atom is 0.115 e. The van der Waals surface area contributed by atoms with E-state index in [0.717, 1.165) is 20.0 Å². The minimum atomic E-state index is -0.0110. The van der Waals surface area contributed by atoms with E-state index in [9.17, 15) is 0 Å². The summed E-state index contributed by atoms with van der Waals surface area (Å²) >= 11 is 11.3. The van der Waals surface area contributed by atoms with Crippen LogP contribution >= 0.6 is 39.3 Å². The molecule has 2 N–H and O–H groups in total. The quantitative estimate of drug-likeness (QED) is 0.880. The minimum absolute atomic E-state index is 0.0110. The van der Waals surface area contributed by atoms with Crippen LogP contribution in [0.5, 0.6) is 0 Å². The summed E-state index contributed by atoms with van der Waals surface area (Å²) in [5.41, 5.74) is 6.86. The smallest absolute Gasteiger partial charge is 0.115 e. The maximum atomic E-state index is 6.26. The number of benzene rings is 1. The Bertz CT molecular complexity index is 560. The molecule has 94 valence electrons. The van der Waals surface area contributed by atoms with Crippen LogP contribution in [0.25, 0.3) is 0 Å². The van der Waals surface area contributed by atoms with Crippen LogP contribution in [0, 0.1) is 0 Å². The van der Waals surface area contributed by atoms with Crippen LogP contribution in [-0.4, -0.2) is 4.98 Å². The van der Waals surface area contributed by atoms with Crippen molar-refractivity contribution in [2.75, 3.05) is 0 Å². The SMILES string of the molecule is C[C@@H](N)c1ccc(Sc2ncccc2Br)c(Cl)c1. The predicted molar refractivity (Wildman–Crippen MR) is 80.1 cm³/mol. The highest BCUT2D eigenvalue weighted by molar-refractivity contribution is 9.10. The molecule has 2 aromatic rings. The standard InChI is InChI=1S/C13H12BrClN2S/c1-8(16)9-4-5-12(11(15)7-9)18-13-10(14)3-2-6-17-13/h2-8H,16H2,1H3/t8-/m1/s1. The van der Waals surface area contributed by atoms with Gasteiger partial charge in [0.2, 0.25) is 0 Å². The number of nitrogens with two attached hydrogens (primary N) is 1. The van der Waals surface area contributed by atoms with Crippen molar-refractivity contribution < 1.29 is 0 Å². The van der Waals surface area contributed by atoms with E-state index in [4.69, 9.17) is 17.3 Å². The largest absolute Gasteiger partial charge is 0.324 e. The summed E-state index contributed by atoms with van der Waals surface area (Å²) in [6.45, 7) is 1.94. The first-order valence-corrected chi connectivity index (χ1v) is 7.40. The van der Waals surface area contributed by atoms with Gasteiger partial charge < -0.3 is 5.73 Å². The molecule has 2 rings (SSSR count). The Morgan fingerprint density at radius 1 is 1.39 bits per heavy atom. The lowest BCUT2D eigenvalue weighted by Gasteiger charge is -2.09. The predicted octanol–water partition coefficient (Wildman–Crippen LogP) is 4.67. The number of aromatic nitrogens is 1. The Morgan fingerprint density at radius 2 is 2.17 bits per heavy atom. The van der Waals surface area contributed by atoms with Gasteiger partial charge >= 0.3 is 0 Å². The Labute approximate surface area is 124 Å². The Balaban J connectivity index is 2.28. The van der Waals surface area contributed by atoms with Crippen molar-refractivity contribution in [1.29, 1.82) is 0 Å². The van der Waals surface area contributed by atoms with E-state index in [0.29, 0.717) is 5.02 Å². The van der Waals surface area contributed by atoms with Gasteiger partial charge in [0.05, 0.1) is 9.50 Å². The fourth-order valence-electron chi connectivity index (χ4n) is 1.43. The van der Waals surface area contributed by atoms with E-state index < -0.39 is 0 Å². The van der Waals surface area contributed by atoms with Gasteiger partial charge in [-0.2, -0.15) is 0 Å².